The minimum absolute atomic E-state index is 0.170. The Labute approximate surface area is 182 Å². The molecule has 1 heterocycles. The maximum absolute atomic E-state index is 13.4. The molecule has 0 radical (unpaired) electrons. The summed E-state index contributed by atoms with van der Waals surface area (Å²) in [6.45, 7) is 0. The molecule has 4 aromatic rings. The number of amides is 1. The molecule has 160 valence electrons. The number of carbonyl (C=O) groups is 2. The highest BCUT2D eigenvalue weighted by molar-refractivity contribution is 6.05. The van der Waals surface area contributed by atoms with Crippen molar-refractivity contribution in [3.8, 4) is 11.5 Å². The standard InChI is InChI=1S/C25H19NO6/c1-31-17-13-11-15(12-14-17)22(27)21(26-24(29)16-7-3-2-4-8-16)20-23(28)18-9-5-6-10-19(18)32-25(20)30/h2-14,21,28H,1H3,(H,26,29). The molecule has 0 saturated heterocycles. The first-order chi connectivity index (χ1) is 15.5. The maximum Gasteiger partial charge on any atom is 0.345 e. The Hall–Kier alpha value is -4.39. The Morgan fingerprint density at radius 1 is 0.906 bits per heavy atom. The Balaban J connectivity index is 1.83. The highest BCUT2D eigenvalue weighted by Crippen LogP contribution is 2.31. The number of Topliss-reactive ketones (excluding diaryl/α,β-unsaturated/α-hetero) is 1. The van der Waals surface area contributed by atoms with Gasteiger partial charge in [-0.05, 0) is 48.5 Å². The van der Waals surface area contributed by atoms with Crippen molar-refractivity contribution in [3.05, 3.63) is 106 Å². The lowest BCUT2D eigenvalue weighted by atomic mass is 9.96. The number of methoxy groups -OCH3 is 1. The molecule has 32 heavy (non-hydrogen) atoms. The summed E-state index contributed by atoms with van der Waals surface area (Å²) in [5, 5.41) is 13.7. The minimum atomic E-state index is -1.48. The van der Waals surface area contributed by atoms with E-state index in [0.29, 0.717) is 11.3 Å². The van der Waals surface area contributed by atoms with Crippen molar-refractivity contribution in [2.45, 2.75) is 6.04 Å². The second kappa shape index (κ2) is 8.77. The molecule has 0 spiro atoms. The lowest BCUT2D eigenvalue weighted by molar-refractivity contribution is 0.0854. The van der Waals surface area contributed by atoms with Crippen LogP contribution in [0.25, 0.3) is 11.0 Å². The fourth-order valence-electron chi connectivity index (χ4n) is 3.40. The van der Waals surface area contributed by atoms with Gasteiger partial charge < -0.3 is 19.6 Å². The quantitative estimate of drug-likeness (QED) is 0.356. The average molecular weight is 429 g/mol. The molecule has 1 aromatic heterocycles. The van der Waals surface area contributed by atoms with Crippen LogP contribution in [0.5, 0.6) is 11.5 Å². The van der Waals surface area contributed by atoms with Crippen molar-refractivity contribution in [3.63, 3.8) is 0 Å². The number of benzene rings is 3. The van der Waals surface area contributed by atoms with E-state index in [4.69, 9.17) is 9.15 Å². The van der Waals surface area contributed by atoms with E-state index in [0.717, 1.165) is 0 Å². The minimum Gasteiger partial charge on any atom is -0.507 e. The molecule has 7 nitrogen and oxygen atoms in total. The molecule has 0 aliphatic heterocycles. The summed E-state index contributed by atoms with van der Waals surface area (Å²) in [5.41, 5.74) is -0.570. The fraction of sp³-hybridized carbons (Fsp3) is 0.0800. The summed E-state index contributed by atoms with van der Waals surface area (Å²) < 4.78 is 10.4. The van der Waals surface area contributed by atoms with E-state index in [9.17, 15) is 19.5 Å². The molecule has 0 bridgehead atoms. The molecular formula is C25H19NO6. The summed E-state index contributed by atoms with van der Waals surface area (Å²) in [7, 11) is 1.50. The van der Waals surface area contributed by atoms with Crippen molar-refractivity contribution < 1.29 is 23.8 Å². The van der Waals surface area contributed by atoms with Crippen LogP contribution in [0, 0.1) is 0 Å². The number of aromatic hydroxyl groups is 1. The number of para-hydroxylation sites is 1. The Kier molecular flexibility index (Phi) is 5.72. The highest BCUT2D eigenvalue weighted by atomic mass is 16.5. The monoisotopic (exact) mass is 429 g/mol. The van der Waals surface area contributed by atoms with Crippen molar-refractivity contribution in [1.82, 2.24) is 5.32 Å². The Bertz CT molecular complexity index is 1340. The van der Waals surface area contributed by atoms with Gasteiger partial charge in [0.05, 0.1) is 12.5 Å². The van der Waals surface area contributed by atoms with Gasteiger partial charge in [-0.3, -0.25) is 9.59 Å². The predicted molar refractivity (Wildman–Crippen MR) is 118 cm³/mol. The zero-order valence-corrected chi connectivity index (χ0v) is 17.1. The van der Waals surface area contributed by atoms with Crippen molar-refractivity contribution in [2.24, 2.45) is 0 Å². The summed E-state index contributed by atoms with van der Waals surface area (Å²) in [6.07, 6.45) is 0. The van der Waals surface area contributed by atoms with E-state index in [1.807, 2.05) is 0 Å². The molecule has 1 unspecified atom stereocenters. The van der Waals surface area contributed by atoms with Gasteiger partial charge in [0.25, 0.3) is 5.91 Å². The first-order valence-corrected chi connectivity index (χ1v) is 9.78. The third-order valence-electron chi connectivity index (χ3n) is 5.06. The second-order valence-corrected chi connectivity index (χ2v) is 7.01. The molecule has 7 heteroatoms. The summed E-state index contributed by atoms with van der Waals surface area (Å²) in [5.74, 6) is -1.05. The number of hydrogen-bond donors (Lipinski definition) is 2. The number of fused-ring (bicyclic) bond motifs is 1. The van der Waals surface area contributed by atoms with Gasteiger partial charge in [-0.15, -0.1) is 0 Å². The second-order valence-electron chi connectivity index (χ2n) is 7.01. The van der Waals surface area contributed by atoms with Gasteiger partial charge in [-0.25, -0.2) is 4.79 Å². The average Bonchev–Trinajstić information content (AvgIpc) is 2.83. The lowest BCUT2D eigenvalue weighted by Gasteiger charge is -2.19. The molecular weight excluding hydrogens is 410 g/mol. The van der Waals surface area contributed by atoms with Crippen molar-refractivity contribution in [2.75, 3.05) is 7.11 Å². The summed E-state index contributed by atoms with van der Waals surface area (Å²) in [4.78, 5) is 39.1. The van der Waals surface area contributed by atoms with Crippen LogP contribution in [0.3, 0.4) is 0 Å². The molecule has 4 rings (SSSR count). The smallest absolute Gasteiger partial charge is 0.345 e. The highest BCUT2D eigenvalue weighted by Gasteiger charge is 2.31. The molecule has 3 aromatic carbocycles. The van der Waals surface area contributed by atoms with E-state index in [1.165, 1.54) is 25.3 Å². The van der Waals surface area contributed by atoms with Gasteiger partial charge >= 0.3 is 5.63 Å². The summed E-state index contributed by atoms with van der Waals surface area (Å²) >= 11 is 0. The topological polar surface area (TPSA) is 106 Å². The number of rotatable bonds is 6. The molecule has 0 saturated carbocycles. The first kappa shape index (κ1) is 20.9. The fourth-order valence-corrected chi connectivity index (χ4v) is 3.40. The number of ether oxygens (including phenoxy) is 1. The third-order valence-corrected chi connectivity index (χ3v) is 5.06. The zero-order valence-electron chi connectivity index (χ0n) is 17.1. The van der Waals surface area contributed by atoms with Crippen molar-refractivity contribution >= 4 is 22.7 Å². The van der Waals surface area contributed by atoms with Crippen LogP contribution in [0.2, 0.25) is 0 Å². The van der Waals surface area contributed by atoms with Gasteiger partial charge in [0.2, 0.25) is 0 Å². The van der Waals surface area contributed by atoms with Crippen LogP contribution in [0.1, 0.15) is 32.3 Å². The molecule has 2 N–H and O–H groups in total. The first-order valence-electron chi connectivity index (χ1n) is 9.78. The van der Waals surface area contributed by atoms with Gasteiger partial charge in [0.15, 0.2) is 5.78 Å². The predicted octanol–water partition coefficient (Wildman–Crippen LogP) is 3.86. The Morgan fingerprint density at radius 2 is 1.56 bits per heavy atom. The molecule has 0 aliphatic carbocycles. The van der Waals surface area contributed by atoms with Crippen LogP contribution in [-0.2, 0) is 0 Å². The number of hydrogen-bond acceptors (Lipinski definition) is 6. The van der Waals surface area contributed by atoms with Gasteiger partial charge in [-0.2, -0.15) is 0 Å². The van der Waals surface area contributed by atoms with Crippen LogP contribution in [0.4, 0.5) is 0 Å². The van der Waals surface area contributed by atoms with Crippen LogP contribution < -0.4 is 15.7 Å². The molecule has 0 fully saturated rings. The number of carbonyl (C=O) groups excluding carboxylic acids is 2. The third kappa shape index (κ3) is 3.96. The summed E-state index contributed by atoms with van der Waals surface area (Å²) in [6, 6.07) is 19.4. The van der Waals surface area contributed by atoms with Crippen LogP contribution in [-0.4, -0.2) is 23.9 Å². The maximum atomic E-state index is 13.4. The van der Waals surface area contributed by atoms with Gasteiger partial charge in [-0.1, -0.05) is 30.3 Å². The Morgan fingerprint density at radius 3 is 2.25 bits per heavy atom. The zero-order chi connectivity index (χ0) is 22.7. The van der Waals surface area contributed by atoms with Gasteiger partial charge in [0, 0.05) is 11.1 Å². The van der Waals surface area contributed by atoms with E-state index >= 15 is 0 Å². The number of ketones is 1. The van der Waals surface area contributed by atoms with Gasteiger partial charge in [0.1, 0.15) is 28.7 Å². The molecule has 1 atom stereocenters. The lowest BCUT2D eigenvalue weighted by Crippen LogP contribution is -2.36. The van der Waals surface area contributed by atoms with Crippen LogP contribution >= 0.6 is 0 Å². The normalized spacial score (nSPS) is 11.7. The van der Waals surface area contributed by atoms with E-state index in [2.05, 4.69) is 5.32 Å². The van der Waals surface area contributed by atoms with E-state index in [1.54, 1.807) is 60.7 Å². The molecule has 1 amide bonds. The van der Waals surface area contributed by atoms with Crippen LogP contribution in [0.15, 0.2) is 88.1 Å². The molecule has 0 aliphatic rings. The SMILES string of the molecule is COc1ccc(C(=O)C(NC(=O)c2ccccc2)c2c(O)c3ccccc3oc2=O)cc1. The van der Waals surface area contributed by atoms with E-state index < -0.39 is 29.1 Å². The van der Waals surface area contributed by atoms with E-state index in [-0.39, 0.29) is 22.1 Å². The van der Waals surface area contributed by atoms with Crippen molar-refractivity contribution in [1.29, 1.82) is 0 Å². The number of nitrogens with one attached hydrogen (secondary N) is 1. The largest absolute Gasteiger partial charge is 0.507 e.